The zero-order valence-electron chi connectivity index (χ0n) is 15.8. The maximum atomic E-state index is 12.9. The summed E-state index contributed by atoms with van der Waals surface area (Å²) in [4.78, 5) is 12.2. The van der Waals surface area contributed by atoms with Crippen molar-refractivity contribution in [1.29, 1.82) is 0 Å². The number of hydrogen-bond donors (Lipinski definition) is 1. The van der Waals surface area contributed by atoms with Gasteiger partial charge in [0.15, 0.2) is 6.61 Å². The van der Waals surface area contributed by atoms with Gasteiger partial charge in [0, 0.05) is 28.8 Å². The van der Waals surface area contributed by atoms with Crippen LogP contribution < -0.4 is 10.1 Å². The van der Waals surface area contributed by atoms with Gasteiger partial charge in [0.1, 0.15) is 10.6 Å². The van der Waals surface area contributed by atoms with E-state index in [2.05, 4.69) is 5.32 Å². The quantitative estimate of drug-likeness (QED) is 0.656. The molecule has 0 saturated heterocycles. The van der Waals surface area contributed by atoms with Crippen molar-refractivity contribution in [1.82, 2.24) is 4.31 Å². The number of anilines is 1. The molecular formula is C19H22Cl2N2O4S. The van der Waals surface area contributed by atoms with E-state index in [1.807, 2.05) is 6.92 Å². The molecule has 0 saturated carbocycles. The Balaban J connectivity index is 2.19. The Morgan fingerprint density at radius 2 is 1.68 bits per heavy atom. The number of hydrogen-bond acceptors (Lipinski definition) is 4. The van der Waals surface area contributed by atoms with Gasteiger partial charge in [-0.15, -0.1) is 0 Å². The predicted octanol–water partition coefficient (Wildman–Crippen LogP) is 4.35. The second-order valence-corrected chi connectivity index (χ2v) is 8.76. The van der Waals surface area contributed by atoms with Crippen molar-refractivity contribution < 1.29 is 17.9 Å². The number of carbonyl (C=O) groups excluding carboxylic acids is 1. The fraction of sp³-hybridized carbons (Fsp3) is 0.316. The Bertz CT molecular complexity index is 960. The number of ether oxygens (including phenoxy) is 1. The molecular weight excluding hydrogens is 423 g/mol. The fourth-order valence-corrected chi connectivity index (χ4v) is 4.68. The van der Waals surface area contributed by atoms with E-state index < -0.39 is 15.9 Å². The summed E-state index contributed by atoms with van der Waals surface area (Å²) in [5.74, 6) is -0.356. The molecule has 2 aromatic carbocycles. The monoisotopic (exact) mass is 444 g/mol. The van der Waals surface area contributed by atoms with E-state index in [-0.39, 0.29) is 22.3 Å². The first-order valence-corrected chi connectivity index (χ1v) is 10.9. The lowest BCUT2D eigenvalue weighted by Crippen LogP contribution is -2.31. The standard InChI is InChI=1S/C19H22Cl2N2O4S/c1-4-23(5-2)28(25,26)18-11-15(21)7-9-17(18)27-12-19(24)22-16-8-6-14(20)10-13(16)3/h6-11H,4-5,12H2,1-3H3,(H,22,24). The van der Waals surface area contributed by atoms with Gasteiger partial charge in [0.05, 0.1) is 0 Å². The highest BCUT2D eigenvalue weighted by Gasteiger charge is 2.26. The average Bonchev–Trinajstić information content (AvgIpc) is 2.63. The van der Waals surface area contributed by atoms with Gasteiger partial charge in [-0.3, -0.25) is 4.79 Å². The number of carbonyl (C=O) groups is 1. The van der Waals surface area contributed by atoms with Crippen LogP contribution in [0.1, 0.15) is 19.4 Å². The molecule has 1 N–H and O–H groups in total. The summed E-state index contributed by atoms with van der Waals surface area (Å²) in [7, 11) is -3.80. The van der Waals surface area contributed by atoms with Crippen LogP contribution in [-0.4, -0.2) is 38.3 Å². The van der Waals surface area contributed by atoms with E-state index in [9.17, 15) is 13.2 Å². The molecule has 28 heavy (non-hydrogen) atoms. The topological polar surface area (TPSA) is 75.7 Å². The smallest absolute Gasteiger partial charge is 0.262 e. The van der Waals surface area contributed by atoms with Crippen LogP contribution in [0.5, 0.6) is 5.75 Å². The van der Waals surface area contributed by atoms with E-state index in [1.165, 1.54) is 22.5 Å². The van der Waals surface area contributed by atoms with Gasteiger partial charge >= 0.3 is 0 Å². The van der Waals surface area contributed by atoms with Crippen LogP contribution in [-0.2, 0) is 14.8 Å². The van der Waals surface area contributed by atoms with E-state index in [1.54, 1.807) is 32.0 Å². The predicted molar refractivity (Wildman–Crippen MR) is 112 cm³/mol. The summed E-state index contributed by atoms with van der Waals surface area (Å²) in [6.07, 6.45) is 0. The molecule has 9 heteroatoms. The highest BCUT2D eigenvalue weighted by Crippen LogP contribution is 2.30. The third-order valence-electron chi connectivity index (χ3n) is 4.05. The molecule has 0 radical (unpaired) electrons. The van der Waals surface area contributed by atoms with Gasteiger partial charge in [-0.25, -0.2) is 8.42 Å². The van der Waals surface area contributed by atoms with Gasteiger partial charge in [-0.05, 0) is 48.9 Å². The number of halogens is 2. The van der Waals surface area contributed by atoms with E-state index in [0.29, 0.717) is 23.8 Å². The normalized spacial score (nSPS) is 11.5. The van der Waals surface area contributed by atoms with Gasteiger partial charge in [0.25, 0.3) is 5.91 Å². The molecule has 152 valence electrons. The van der Waals surface area contributed by atoms with Crippen LogP contribution in [0.15, 0.2) is 41.3 Å². The van der Waals surface area contributed by atoms with Crippen LogP contribution in [0.3, 0.4) is 0 Å². The molecule has 2 aromatic rings. The number of benzene rings is 2. The summed E-state index contributed by atoms with van der Waals surface area (Å²) in [5, 5.41) is 3.55. The molecule has 0 heterocycles. The van der Waals surface area contributed by atoms with Crippen molar-refractivity contribution in [3.05, 3.63) is 52.0 Å². The number of nitrogens with zero attached hydrogens (tertiary/aromatic N) is 1. The second-order valence-electron chi connectivity index (χ2n) is 5.98. The van der Waals surface area contributed by atoms with Crippen LogP contribution in [0.2, 0.25) is 10.0 Å². The first-order valence-electron chi connectivity index (χ1n) is 8.67. The second kappa shape index (κ2) is 9.60. The van der Waals surface area contributed by atoms with E-state index in [4.69, 9.17) is 27.9 Å². The van der Waals surface area contributed by atoms with Crippen molar-refractivity contribution in [2.75, 3.05) is 25.0 Å². The van der Waals surface area contributed by atoms with E-state index >= 15 is 0 Å². The zero-order valence-corrected chi connectivity index (χ0v) is 18.2. The van der Waals surface area contributed by atoms with Crippen molar-refractivity contribution in [2.24, 2.45) is 0 Å². The minimum atomic E-state index is -3.80. The molecule has 0 aliphatic rings. The van der Waals surface area contributed by atoms with Crippen molar-refractivity contribution in [3.8, 4) is 5.75 Å². The third-order valence-corrected chi connectivity index (χ3v) is 6.59. The van der Waals surface area contributed by atoms with Crippen molar-refractivity contribution in [3.63, 3.8) is 0 Å². The Kier molecular flexibility index (Phi) is 7.71. The summed E-state index contributed by atoms with van der Waals surface area (Å²) < 4.78 is 32.5. The van der Waals surface area contributed by atoms with Gasteiger partial charge in [-0.2, -0.15) is 4.31 Å². The molecule has 0 aliphatic heterocycles. The van der Waals surface area contributed by atoms with Gasteiger partial charge in [0.2, 0.25) is 10.0 Å². The van der Waals surface area contributed by atoms with E-state index in [0.717, 1.165) is 5.56 Å². The number of rotatable bonds is 8. The highest BCUT2D eigenvalue weighted by atomic mass is 35.5. The summed E-state index contributed by atoms with van der Waals surface area (Å²) >= 11 is 11.9. The Hall–Kier alpha value is -1.80. The first kappa shape index (κ1) is 22.5. The molecule has 0 spiro atoms. The van der Waals surface area contributed by atoms with Crippen LogP contribution in [0, 0.1) is 6.92 Å². The molecule has 2 rings (SSSR count). The first-order chi connectivity index (χ1) is 13.2. The van der Waals surface area contributed by atoms with Crippen molar-refractivity contribution >= 4 is 44.8 Å². The SMILES string of the molecule is CCN(CC)S(=O)(=O)c1cc(Cl)ccc1OCC(=O)Nc1ccc(Cl)cc1C. The molecule has 0 aliphatic carbocycles. The molecule has 0 unspecified atom stereocenters. The molecule has 0 bridgehead atoms. The highest BCUT2D eigenvalue weighted by molar-refractivity contribution is 7.89. The third kappa shape index (κ3) is 5.38. The minimum absolute atomic E-state index is 0.0688. The number of sulfonamides is 1. The Morgan fingerprint density at radius 1 is 1.07 bits per heavy atom. The zero-order chi connectivity index (χ0) is 20.9. The molecule has 0 fully saturated rings. The molecule has 0 atom stereocenters. The fourth-order valence-electron chi connectivity index (χ4n) is 2.60. The number of amides is 1. The average molecular weight is 445 g/mol. The van der Waals surface area contributed by atoms with Crippen molar-refractivity contribution in [2.45, 2.75) is 25.7 Å². The lowest BCUT2D eigenvalue weighted by atomic mass is 10.2. The maximum absolute atomic E-state index is 12.9. The molecule has 0 aromatic heterocycles. The summed E-state index contributed by atoms with van der Waals surface area (Å²) in [6.45, 7) is 5.56. The summed E-state index contributed by atoms with van der Waals surface area (Å²) in [5.41, 5.74) is 1.40. The van der Waals surface area contributed by atoms with Gasteiger partial charge in [-0.1, -0.05) is 37.0 Å². The summed E-state index contributed by atoms with van der Waals surface area (Å²) in [6, 6.07) is 9.36. The lowest BCUT2D eigenvalue weighted by molar-refractivity contribution is -0.118. The molecule has 6 nitrogen and oxygen atoms in total. The Morgan fingerprint density at radius 3 is 2.29 bits per heavy atom. The van der Waals surface area contributed by atoms with Crippen LogP contribution in [0.25, 0.3) is 0 Å². The lowest BCUT2D eigenvalue weighted by Gasteiger charge is -2.20. The Labute approximate surface area is 175 Å². The van der Waals surface area contributed by atoms with Crippen LogP contribution in [0.4, 0.5) is 5.69 Å². The minimum Gasteiger partial charge on any atom is -0.482 e. The van der Waals surface area contributed by atoms with Gasteiger partial charge < -0.3 is 10.1 Å². The maximum Gasteiger partial charge on any atom is 0.262 e. The molecule has 1 amide bonds. The number of nitrogens with one attached hydrogen (secondary N) is 1. The van der Waals surface area contributed by atoms with Crippen LogP contribution >= 0.6 is 23.2 Å². The largest absolute Gasteiger partial charge is 0.482 e. The number of aryl methyl sites for hydroxylation is 1.